The minimum atomic E-state index is -4.97. The Labute approximate surface area is 143 Å². The fourth-order valence-corrected chi connectivity index (χ4v) is 3.93. The summed E-state index contributed by atoms with van der Waals surface area (Å²) in [7, 11) is -4.15. The van der Waals surface area contributed by atoms with Crippen molar-refractivity contribution < 1.29 is 26.4 Å². The van der Waals surface area contributed by atoms with Crippen molar-refractivity contribution in [3.05, 3.63) is 35.9 Å². The minimum absolute atomic E-state index is 0.117. The zero-order chi connectivity index (χ0) is 18.5. The summed E-state index contributed by atoms with van der Waals surface area (Å²) < 4.78 is 64.7. The van der Waals surface area contributed by atoms with Crippen LogP contribution >= 0.6 is 0 Å². The lowest BCUT2D eigenvalue weighted by Crippen LogP contribution is -2.42. The van der Waals surface area contributed by atoms with Gasteiger partial charge in [-0.1, -0.05) is 24.6 Å². The second-order valence-electron chi connectivity index (χ2n) is 5.58. The Bertz CT molecular complexity index is 727. The van der Waals surface area contributed by atoms with Crippen LogP contribution in [0.5, 0.6) is 0 Å². The molecule has 1 N–H and O–H groups in total. The average molecular weight is 377 g/mol. The summed E-state index contributed by atoms with van der Waals surface area (Å²) in [4.78, 5) is 11.8. The van der Waals surface area contributed by atoms with E-state index in [-0.39, 0.29) is 18.7 Å². The summed E-state index contributed by atoms with van der Waals surface area (Å²) >= 11 is 0. The SMILES string of the molecule is O=C(N/N=C(\CS(=O)(=O)N1CCCCC1)C(F)(F)F)c1ccccc1. The van der Waals surface area contributed by atoms with Gasteiger partial charge in [-0.05, 0) is 25.0 Å². The number of rotatable bonds is 5. The predicted octanol–water partition coefficient (Wildman–Crippen LogP) is 2.15. The third-order valence-electron chi connectivity index (χ3n) is 3.68. The highest BCUT2D eigenvalue weighted by Gasteiger charge is 2.40. The van der Waals surface area contributed by atoms with Crippen LogP contribution in [0.25, 0.3) is 0 Å². The quantitative estimate of drug-likeness (QED) is 0.631. The van der Waals surface area contributed by atoms with Crippen molar-refractivity contribution in [1.29, 1.82) is 0 Å². The summed E-state index contributed by atoms with van der Waals surface area (Å²) in [5.74, 6) is -2.15. The smallest absolute Gasteiger partial charge is 0.267 e. The molecule has 1 aliphatic heterocycles. The Hall–Kier alpha value is -1.94. The van der Waals surface area contributed by atoms with Crippen LogP contribution in [0.3, 0.4) is 0 Å². The Morgan fingerprint density at radius 2 is 1.72 bits per heavy atom. The highest BCUT2D eigenvalue weighted by Crippen LogP contribution is 2.21. The number of carbonyl (C=O) groups is 1. The molecule has 0 aliphatic carbocycles. The molecule has 1 aromatic carbocycles. The predicted molar refractivity (Wildman–Crippen MR) is 86.6 cm³/mol. The third kappa shape index (κ3) is 5.53. The van der Waals surface area contributed by atoms with Crippen molar-refractivity contribution in [3.8, 4) is 0 Å². The van der Waals surface area contributed by atoms with Crippen LogP contribution in [-0.2, 0) is 10.0 Å². The number of hydrogen-bond donors (Lipinski definition) is 1. The fraction of sp³-hybridized carbons (Fsp3) is 0.467. The van der Waals surface area contributed by atoms with Crippen molar-refractivity contribution in [3.63, 3.8) is 0 Å². The number of carbonyl (C=O) groups excluding carboxylic acids is 1. The molecule has 1 fully saturated rings. The number of alkyl halides is 3. The molecule has 1 aliphatic rings. The van der Waals surface area contributed by atoms with E-state index in [0.29, 0.717) is 12.8 Å². The van der Waals surface area contributed by atoms with E-state index in [0.717, 1.165) is 10.7 Å². The molecule has 2 rings (SSSR count). The van der Waals surface area contributed by atoms with Gasteiger partial charge in [-0.2, -0.15) is 18.3 Å². The Kier molecular flexibility index (Phi) is 6.17. The molecular formula is C15H18F3N3O3S. The van der Waals surface area contributed by atoms with Crippen molar-refractivity contribution >= 4 is 21.6 Å². The van der Waals surface area contributed by atoms with Crippen molar-refractivity contribution in [1.82, 2.24) is 9.73 Å². The van der Waals surface area contributed by atoms with E-state index in [9.17, 15) is 26.4 Å². The van der Waals surface area contributed by atoms with Crippen molar-refractivity contribution in [2.75, 3.05) is 18.8 Å². The lowest BCUT2D eigenvalue weighted by Gasteiger charge is -2.26. The van der Waals surface area contributed by atoms with Gasteiger partial charge >= 0.3 is 6.18 Å². The molecule has 0 aromatic heterocycles. The van der Waals surface area contributed by atoms with Gasteiger partial charge in [-0.3, -0.25) is 4.79 Å². The van der Waals surface area contributed by atoms with Gasteiger partial charge < -0.3 is 0 Å². The molecule has 1 saturated heterocycles. The van der Waals surface area contributed by atoms with E-state index in [1.807, 2.05) is 0 Å². The topological polar surface area (TPSA) is 78.8 Å². The summed E-state index contributed by atoms with van der Waals surface area (Å²) in [6.07, 6.45) is -2.89. The monoisotopic (exact) mass is 377 g/mol. The van der Waals surface area contributed by atoms with Crippen molar-refractivity contribution in [2.45, 2.75) is 25.4 Å². The Balaban J connectivity index is 2.14. The first-order valence-electron chi connectivity index (χ1n) is 7.67. The van der Waals surface area contributed by atoms with Gasteiger partial charge in [0.15, 0.2) is 5.71 Å². The van der Waals surface area contributed by atoms with E-state index >= 15 is 0 Å². The molecule has 0 unspecified atom stereocenters. The number of nitrogens with zero attached hydrogens (tertiary/aromatic N) is 2. The molecule has 1 aromatic rings. The minimum Gasteiger partial charge on any atom is -0.267 e. The molecule has 6 nitrogen and oxygen atoms in total. The lowest BCUT2D eigenvalue weighted by atomic mass is 10.2. The number of nitrogens with one attached hydrogen (secondary N) is 1. The van der Waals surface area contributed by atoms with E-state index < -0.39 is 33.6 Å². The summed E-state index contributed by atoms with van der Waals surface area (Å²) in [6.45, 7) is 0.397. The van der Waals surface area contributed by atoms with Gasteiger partial charge in [0, 0.05) is 18.7 Å². The van der Waals surface area contributed by atoms with Crippen LogP contribution in [0.15, 0.2) is 35.4 Å². The number of amides is 1. The van der Waals surface area contributed by atoms with Crippen LogP contribution in [0.2, 0.25) is 0 Å². The maximum Gasteiger partial charge on any atom is 0.432 e. The van der Waals surface area contributed by atoms with E-state index in [1.165, 1.54) is 12.1 Å². The fourth-order valence-electron chi connectivity index (χ4n) is 2.36. The van der Waals surface area contributed by atoms with Crippen LogP contribution in [0.4, 0.5) is 13.2 Å². The van der Waals surface area contributed by atoms with Crippen molar-refractivity contribution in [2.24, 2.45) is 5.10 Å². The zero-order valence-corrected chi connectivity index (χ0v) is 14.1. The standard InChI is InChI=1S/C15H18F3N3O3S/c16-15(17,18)13(11-25(23,24)21-9-5-2-6-10-21)19-20-14(22)12-7-3-1-4-8-12/h1,3-4,7-8H,2,5-6,9-11H2,(H,20,22)/b19-13+. The lowest BCUT2D eigenvalue weighted by molar-refractivity contribution is -0.0594. The maximum atomic E-state index is 13.1. The molecule has 0 bridgehead atoms. The van der Waals surface area contributed by atoms with Gasteiger partial charge in [-0.25, -0.2) is 18.1 Å². The molecule has 1 amide bonds. The molecule has 10 heteroatoms. The van der Waals surface area contributed by atoms with Crippen LogP contribution < -0.4 is 5.43 Å². The average Bonchev–Trinajstić information content (AvgIpc) is 2.59. The number of halogens is 3. The molecule has 1 heterocycles. The Morgan fingerprint density at radius 1 is 1.12 bits per heavy atom. The van der Waals surface area contributed by atoms with Gasteiger partial charge in [0.25, 0.3) is 5.91 Å². The van der Waals surface area contributed by atoms with E-state index in [1.54, 1.807) is 23.6 Å². The second kappa shape index (κ2) is 7.96. The zero-order valence-electron chi connectivity index (χ0n) is 13.3. The molecule has 25 heavy (non-hydrogen) atoms. The molecule has 0 saturated carbocycles. The van der Waals surface area contributed by atoms with Gasteiger partial charge in [-0.15, -0.1) is 0 Å². The van der Waals surface area contributed by atoms with Crippen LogP contribution in [0, 0.1) is 0 Å². The van der Waals surface area contributed by atoms with Gasteiger partial charge in [0.2, 0.25) is 10.0 Å². The third-order valence-corrected chi connectivity index (χ3v) is 5.47. The first kappa shape index (κ1) is 19.4. The Morgan fingerprint density at radius 3 is 2.28 bits per heavy atom. The first-order chi connectivity index (χ1) is 11.7. The molecule has 138 valence electrons. The van der Waals surface area contributed by atoms with E-state index in [4.69, 9.17) is 0 Å². The molecular weight excluding hydrogens is 359 g/mol. The van der Waals surface area contributed by atoms with Crippen LogP contribution in [0.1, 0.15) is 29.6 Å². The van der Waals surface area contributed by atoms with Gasteiger partial charge in [0.05, 0.1) is 0 Å². The summed E-state index contributed by atoms with van der Waals surface area (Å²) in [6, 6.07) is 7.55. The number of piperidine rings is 1. The van der Waals surface area contributed by atoms with Gasteiger partial charge in [0.1, 0.15) is 5.75 Å². The van der Waals surface area contributed by atoms with Crippen LogP contribution in [-0.4, -0.2) is 49.4 Å². The second-order valence-corrected chi connectivity index (χ2v) is 7.55. The maximum absolute atomic E-state index is 13.1. The molecule has 0 radical (unpaired) electrons. The number of sulfonamides is 1. The number of hydrogen-bond acceptors (Lipinski definition) is 4. The highest BCUT2D eigenvalue weighted by molar-refractivity contribution is 7.89. The van der Waals surface area contributed by atoms with E-state index in [2.05, 4.69) is 5.10 Å². The largest absolute Gasteiger partial charge is 0.432 e. The number of benzene rings is 1. The summed E-state index contributed by atoms with van der Waals surface area (Å²) in [5.41, 5.74) is 0.341. The molecule has 0 atom stereocenters. The first-order valence-corrected chi connectivity index (χ1v) is 9.28. The number of hydrazone groups is 1. The normalized spacial score (nSPS) is 17.3. The molecule has 0 spiro atoms. The summed E-state index contributed by atoms with van der Waals surface area (Å²) in [5, 5.41) is 3.04. The highest BCUT2D eigenvalue weighted by atomic mass is 32.2.